The van der Waals surface area contributed by atoms with Crippen molar-refractivity contribution in [2.45, 2.75) is 19.8 Å². The molecule has 0 aromatic heterocycles. The van der Waals surface area contributed by atoms with Gasteiger partial charge in [0.1, 0.15) is 0 Å². The largest absolute Gasteiger partial charge is 0.382 e. The molecular formula is C20H34ClIN4O2. The van der Waals surface area contributed by atoms with Crippen LogP contribution in [0, 0.1) is 12.8 Å². The highest BCUT2D eigenvalue weighted by atomic mass is 127. The summed E-state index contributed by atoms with van der Waals surface area (Å²) in [7, 11) is 3.49. The summed E-state index contributed by atoms with van der Waals surface area (Å²) >= 11 is 6.17. The van der Waals surface area contributed by atoms with Crippen molar-refractivity contribution < 1.29 is 9.47 Å². The quantitative estimate of drug-likeness (QED) is 0.213. The standard InChI is InChI=1S/C20H33ClN4O2.HI/c1-16-5-6-18(21)13-19(16)25-9-7-17(15-25)14-24-20(22-2)23-8-4-10-27-12-11-26-3;/h5-6,13,17H,4,7-12,14-15H2,1-3H3,(H2,22,23,24);1H. The molecule has 1 fully saturated rings. The van der Waals surface area contributed by atoms with Crippen LogP contribution in [-0.2, 0) is 9.47 Å². The molecule has 0 spiro atoms. The Bertz CT molecular complexity index is 604. The number of aliphatic imine (C=N–C) groups is 1. The molecule has 1 aromatic rings. The molecule has 8 heteroatoms. The molecule has 1 aliphatic heterocycles. The molecular weight excluding hydrogens is 491 g/mol. The maximum absolute atomic E-state index is 6.17. The molecule has 6 nitrogen and oxygen atoms in total. The predicted molar refractivity (Wildman–Crippen MR) is 129 cm³/mol. The monoisotopic (exact) mass is 524 g/mol. The number of nitrogens with zero attached hydrogens (tertiary/aromatic N) is 2. The van der Waals surface area contributed by atoms with Crippen LogP contribution in [0.2, 0.25) is 5.02 Å². The van der Waals surface area contributed by atoms with Crippen LogP contribution in [0.15, 0.2) is 23.2 Å². The first-order chi connectivity index (χ1) is 13.1. The van der Waals surface area contributed by atoms with Crippen LogP contribution < -0.4 is 15.5 Å². The first-order valence-electron chi connectivity index (χ1n) is 9.66. The molecule has 0 amide bonds. The van der Waals surface area contributed by atoms with E-state index >= 15 is 0 Å². The van der Waals surface area contributed by atoms with E-state index in [0.717, 1.165) is 50.2 Å². The van der Waals surface area contributed by atoms with Gasteiger partial charge in [0.15, 0.2) is 5.96 Å². The summed E-state index contributed by atoms with van der Waals surface area (Å²) in [6, 6.07) is 6.11. The molecule has 0 radical (unpaired) electrons. The van der Waals surface area contributed by atoms with Gasteiger partial charge in [-0.15, -0.1) is 24.0 Å². The van der Waals surface area contributed by atoms with E-state index in [1.165, 1.54) is 17.7 Å². The van der Waals surface area contributed by atoms with E-state index in [2.05, 4.69) is 39.6 Å². The van der Waals surface area contributed by atoms with E-state index in [1.54, 1.807) is 14.2 Å². The minimum Gasteiger partial charge on any atom is -0.382 e. The Morgan fingerprint density at radius 3 is 2.86 bits per heavy atom. The molecule has 1 saturated heterocycles. The van der Waals surface area contributed by atoms with Gasteiger partial charge in [0.05, 0.1) is 13.2 Å². The number of hydrogen-bond acceptors (Lipinski definition) is 4. The SMILES string of the molecule is CN=C(NCCCOCCOC)NCC1CCN(c2cc(Cl)ccc2C)C1.I. The number of guanidine groups is 1. The highest BCUT2D eigenvalue weighted by Gasteiger charge is 2.23. The molecule has 2 N–H and O–H groups in total. The van der Waals surface area contributed by atoms with Crippen LogP contribution in [0.5, 0.6) is 0 Å². The van der Waals surface area contributed by atoms with Gasteiger partial charge in [0.2, 0.25) is 0 Å². The summed E-state index contributed by atoms with van der Waals surface area (Å²) in [5.74, 6) is 1.45. The first-order valence-corrected chi connectivity index (χ1v) is 10.0. The number of methoxy groups -OCH3 is 1. The van der Waals surface area contributed by atoms with Crippen LogP contribution >= 0.6 is 35.6 Å². The van der Waals surface area contributed by atoms with Crippen molar-refractivity contribution in [1.29, 1.82) is 0 Å². The van der Waals surface area contributed by atoms with Crippen molar-refractivity contribution >= 4 is 47.2 Å². The smallest absolute Gasteiger partial charge is 0.190 e. The van der Waals surface area contributed by atoms with E-state index < -0.39 is 0 Å². The molecule has 160 valence electrons. The number of nitrogens with one attached hydrogen (secondary N) is 2. The second-order valence-electron chi connectivity index (χ2n) is 6.87. The van der Waals surface area contributed by atoms with E-state index in [0.29, 0.717) is 19.1 Å². The highest BCUT2D eigenvalue weighted by molar-refractivity contribution is 14.0. The molecule has 1 atom stereocenters. The van der Waals surface area contributed by atoms with Gasteiger partial charge in [-0.05, 0) is 43.4 Å². The number of benzene rings is 1. The van der Waals surface area contributed by atoms with Crippen LogP contribution in [0.3, 0.4) is 0 Å². The van der Waals surface area contributed by atoms with E-state index in [4.69, 9.17) is 21.1 Å². The molecule has 1 aliphatic rings. The lowest BCUT2D eigenvalue weighted by Crippen LogP contribution is -2.40. The van der Waals surface area contributed by atoms with Crippen molar-refractivity contribution in [3.05, 3.63) is 28.8 Å². The number of aryl methyl sites for hydroxylation is 1. The summed E-state index contributed by atoms with van der Waals surface area (Å²) in [4.78, 5) is 6.73. The maximum atomic E-state index is 6.17. The lowest BCUT2D eigenvalue weighted by Gasteiger charge is -2.21. The van der Waals surface area contributed by atoms with Crippen molar-refractivity contribution in [3.8, 4) is 0 Å². The zero-order valence-corrected chi connectivity index (χ0v) is 20.3. The molecule has 1 heterocycles. The number of hydrogen-bond donors (Lipinski definition) is 2. The fraction of sp³-hybridized carbons (Fsp3) is 0.650. The molecule has 0 saturated carbocycles. The third kappa shape index (κ3) is 8.71. The fourth-order valence-electron chi connectivity index (χ4n) is 3.23. The van der Waals surface area contributed by atoms with Gasteiger partial charge in [0.25, 0.3) is 0 Å². The van der Waals surface area contributed by atoms with Crippen LogP contribution in [0.1, 0.15) is 18.4 Å². The summed E-state index contributed by atoms with van der Waals surface area (Å²) in [5.41, 5.74) is 2.53. The second-order valence-corrected chi connectivity index (χ2v) is 7.31. The Labute approximate surface area is 191 Å². The molecule has 0 aliphatic carbocycles. The number of anilines is 1. The van der Waals surface area contributed by atoms with Crippen molar-refractivity contribution in [3.63, 3.8) is 0 Å². The van der Waals surface area contributed by atoms with Crippen molar-refractivity contribution in [2.24, 2.45) is 10.9 Å². The molecule has 1 aromatic carbocycles. The number of halogens is 2. The Morgan fingerprint density at radius 1 is 1.29 bits per heavy atom. The van der Waals surface area contributed by atoms with Gasteiger partial charge in [-0.3, -0.25) is 4.99 Å². The van der Waals surface area contributed by atoms with Crippen LogP contribution in [0.4, 0.5) is 5.69 Å². The highest BCUT2D eigenvalue weighted by Crippen LogP contribution is 2.29. The first kappa shape index (κ1) is 25.3. The topological polar surface area (TPSA) is 58.1 Å². The van der Waals surface area contributed by atoms with Crippen molar-refractivity contribution in [2.75, 3.05) is 65.1 Å². The van der Waals surface area contributed by atoms with Gasteiger partial charge >= 0.3 is 0 Å². The average molecular weight is 525 g/mol. The summed E-state index contributed by atoms with van der Waals surface area (Å²) in [5, 5.41) is 7.59. The van der Waals surface area contributed by atoms with Gasteiger partial charge < -0.3 is 25.0 Å². The van der Waals surface area contributed by atoms with Crippen molar-refractivity contribution in [1.82, 2.24) is 10.6 Å². The summed E-state index contributed by atoms with van der Waals surface area (Å²) in [6.07, 6.45) is 2.11. The third-order valence-electron chi connectivity index (χ3n) is 4.77. The minimum absolute atomic E-state index is 0. The lowest BCUT2D eigenvalue weighted by molar-refractivity contribution is 0.0698. The van der Waals surface area contributed by atoms with Gasteiger partial charge in [-0.1, -0.05) is 17.7 Å². The fourth-order valence-corrected chi connectivity index (χ4v) is 3.39. The Balaban J connectivity index is 0.00000392. The zero-order chi connectivity index (χ0) is 19.5. The maximum Gasteiger partial charge on any atom is 0.190 e. The van der Waals surface area contributed by atoms with E-state index in [9.17, 15) is 0 Å². The molecule has 2 rings (SSSR count). The van der Waals surface area contributed by atoms with Gasteiger partial charge in [-0.2, -0.15) is 0 Å². The Morgan fingerprint density at radius 2 is 2.11 bits per heavy atom. The Hall–Kier alpha value is -0.770. The van der Waals surface area contributed by atoms with Gasteiger partial charge in [-0.25, -0.2) is 0 Å². The second kappa shape index (κ2) is 14.3. The van der Waals surface area contributed by atoms with Crippen LogP contribution in [-0.4, -0.2) is 66.1 Å². The normalized spacial score (nSPS) is 16.8. The Kier molecular flexibility index (Phi) is 12.9. The summed E-state index contributed by atoms with van der Waals surface area (Å²) in [6.45, 7) is 8.02. The molecule has 1 unspecified atom stereocenters. The summed E-state index contributed by atoms with van der Waals surface area (Å²) < 4.78 is 10.4. The van der Waals surface area contributed by atoms with E-state index in [1.807, 2.05) is 6.07 Å². The van der Waals surface area contributed by atoms with Gasteiger partial charge in [0, 0.05) is 57.7 Å². The predicted octanol–water partition coefficient (Wildman–Crippen LogP) is 3.31. The average Bonchev–Trinajstić information content (AvgIpc) is 3.14. The minimum atomic E-state index is 0. The third-order valence-corrected chi connectivity index (χ3v) is 5.00. The molecule has 28 heavy (non-hydrogen) atoms. The molecule has 0 bridgehead atoms. The van der Waals surface area contributed by atoms with Crippen LogP contribution in [0.25, 0.3) is 0 Å². The van der Waals surface area contributed by atoms with E-state index in [-0.39, 0.29) is 24.0 Å². The number of rotatable bonds is 10. The lowest BCUT2D eigenvalue weighted by atomic mass is 10.1. The number of ether oxygens (including phenoxy) is 2. The zero-order valence-electron chi connectivity index (χ0n) is 17.2.